The van der Waals surface area contributed by atoms with Gasteiger partial charge in [0.2, 0.25) is 11.9 Å². The summed E-state index contributed by atoms with van der Waals surface area (Å²) in [7, 11) is 0. The van der Waals surface area contributed by atoms with Gasteiger partial charge >= 0.3 is 0 Å². The molecule has 3 N–H and O–H groups in total. The van der Waals surface area contributed by atoms with Gasteiger partial charge in [-0.15, -0.1) is 0 Å². The number of anilines is 2. The van der Waals surface area contributed by atoms with Gasteiger partial charge in [0.15, 0.2) is 0 Å². The first kappa shape index (κ1) is 15.0. The van der Waals surface area contributed by atoms with E-state index in [-0.39, 0.29) is 11.8 Å². The van der Waals surface area contributed by atoms with Crippen LogP contribution in [0, 0.1) is 5.92 Å². The summed E-state index contributed by atoms with van der Waals surface area (Å²) in [5, 5.41) is 9.24. The molecular formula is C13H20BrN5O. The minimum Gasteiger partial charge on any atom is -0.367 e. The first-order chi connectivity index (χ1) is 9.70. The normalized spacial score (nSPS) is 13.9. The van der Waals surface area contributed by atoms with E-state index in [0.29, 0.717) is 19.0 Å². The molecule has 7 heteroatoms. The van der Waals surface area contributed by atoms with E-state index in [2.05, 4.69) is 48.8 Å². The molecule has 1 aromatic rings. The van der Waals surface area contributed by atoms with Crippen LogP contribution in [0.2, 0.25) is 0 Å². The molecule has 2 rings (SSSR count). The first-order valence-corrected chi connectivity index (χ1v) is 7.78. The average Bonchev–Trinajstić information content (AvgIpc) is 3.28. The number of hydrogen-bond acceptors (Lipinski definition) is 5. The van der Waals surface area contributed by atoms with Crippen LogP contribution in [0.5, 0.6) is 0 Å². The number of amides is 1. The molecule has 1 aliphatic carbocycles. The van der Waals surface area contributed by atoms with Crippen molar-refractivity contribution in [3.63, 3.8) is 0 Å². The zero-order valence-electron chi connectivity index (χ0n) is 11.6. The molecule has 1 aliphatic rings. The van der Waals surface area contributed by atoms with Crippen LogP contribution in [0.15, 0.2) is 10.7 Å². The van der Waals surface area contributed by atoms with Gasteiger partial charge in [-0.2, -0.15) is 4.98 Å². The summed E-state index contributed by atoms with van der Waals surface area (Å²) in [6.07, 6.45) is 4.80. The van der Waals surface area contributed by atoms with E-state index in [0.717, 1.165) is 36.1 Å². The lowest BCUT2D eigenvalue weighted by Crippen LogP contribution is -2.30. The summed E-state index contributed by atoms with van der Waals surface area (Å²) in [5.41, 5.74) is 0. The Hall–Kier alpha value is -1.37. The third kappa shape index (κ3) is 4.63. The van der Waals surface area contributed by atoms with Crippen molar-refractivity contribution in [1.29, 1.82) is 0 Å². The van der Waals surface area contributed by atoms with Crippen molar-refractivity contribution in [2.24, 2.45) is 5.92 Å². The highest BCUT2D eigenvalue weighted by Gasteiger charge is 2.28. The Morgan fingerprint density at radius 1 is 1.35 bits per heavy atom. The number of nitrogens with zero attached hydrogens (tertiary/aromatic N) is 2. The van der Waals surface area contributed by atoms with Crippen molar-refractivity contribution in [3.05, 3.63) is 10.7 Å². The maximum absolute atomic E-state index is 11.5. The van der Waals surface area contributed by atoms with Gasteiger partial charge in [0.25, 0.3) is 0 Å². The van der Waals surface area contributed by atoms with Crippen LogP contribution in [0.3, 0.4) is 0 Å². The molecule has 20 heavy (non-hydrogen) atoms. The molecule has 6 nitrogen and oxygen atoms in total. The summed E-state index contributed by atoms with van der Waals surface area (Å²) in [6, 6.07) is 0. The molecule has 1 saturated carbocycles. The molecule has 0 bridgehead atoms. The van der Waals surface area contributed by atoms with E-state index in [9.17, 15) is 4.79 Å². The number of hydrogen-bond donors (Lipinski definition) is 3. The highest BCUT2D eigenvalue weighted by atomic mass is 79.9. The Labute approximate surface area is 127 Å². The summed E-state index contributed by atoms with van der Waals surface area (Å²) in [6.45, 7) is 4.18. The van der Waals surface area contributed by atoms with E-state index in [4.69, 9.17) is 0 Å². The van der Waals surface area contributed by atoms with Crippen molar-refractivity contribution in [2.75, 3.05) is 30.3 Å². The van der Waals surface area contributed by atoms with E-state index in [1.165, 1.54) is 0 Å². The number of rotatable bonds is 8. The zero-order valence-corrected chi connectivity index (χ0v) is 13.2. The van der Waals surface area contributed by atoms with Crippen molar-refractivity contribution < 1.29 is 4.79 Å². The van der Waals surface area contributed by atoms with Crippen molar-refractivity contribution in [3.8, 4) is 0 Å². The summed E-state index contributed by atoms with van der Waals surface area (Å²) in [4.78, 5) is 20.0. The Bertz CT molecular complexity index is 464. The number of carbonyl (C=O) groups is 1. The first-order valence-electron chi connectivity index (χ1n) is 6.98. The van der Waals surface area contributed by atoms with Crippen molar-refractivity contribution >= 4 is 33.6 Å². The topological polar surface area (TPSA) is 78.9 Å². The Morgan fingerprint density at radius 3 is 2.85 bits per heavy atom. The van der Waals surface area contributed by atoms with Crippen LogP contribution >= 0.6 is 15.9 Å². The molecule has 1 amide bonds. The van der Waals surface area contributed by atoms with Crippen LogP contribution in [0.25, 0.3) is 0 Å². The third-order valence-electron chi connectivity index (χ3n) is 2.94. The van der Waals surface area contributed by atoms with E-state index >= 15 is 0 Å². The summed E-state index contributed by atoms with van der Waals surface area (Å²) < 4.78 is 0.813. The number of aromatic nitrogens is 2. The number of halogens is 1. The highest BCUT2D eigenvalue weighted by Crippen LogP contribution is 2.28. The fraction of sp³-hybridized carbons (Fsp3) is 0.615. The molecule has 1 heterocycles. The molecule has 0 radical (unpaired) electrons. The molecule has 0 aromatic carbocycles. The van der Waals surface area contributed by atoms with Crippen molar-refractivity contribution in [2.45, 2.75) is 26.2 Å². The van der Waals surface area contributed by atoms with Gasteiger partial charge in [-0.3, -0.25) is 4.79 Å². The van der Waals surface area contributed by atoms with Crippen molar-refractivity contribution in [1.82, 2.24) is 15.3 Å². The molecule has 0 aliphatic heterocycles. The molecule has 0 saturated heterocycles. The van der Waals surface area contributed by atoms with E-state index in [1.807, 2.05) is 0 Å². The van der Waals surface area contributed by atoms with Gasteiger partial charge in [-0.25, -0.2) is 4.98 Å². The second-order valence-electron chi connectivity index (χ2n) is 4.81. The average molecular weight is 342 g/mol. The van der Waals surface area contributed by atoms with E-state index in [1.54, 1.807) is 6.20 Å². The predicted octanol–water partition coefficient (Wildman–Crippen LogP) is 2.00. The molecule has 110 valence electrons. The number of nitrogens with one attached hydrogen (secondary N) is 3. The maximum Gasteiger partial charge on any atom is 0.224 e. The smallest absolute Gasteiger partial charge is 0.224 e. The lowest BCUT2D eigenvalue weighted by Gasteiger charge is -2.10. The largest absolute Gasteiger partial charge is 0.367 e. The van der Waals surface area contributed by atoms with E-state index < -0.39 is 0 Å². The fourth-order valence-corrected chi connectivity index (χ4v) is 2.00. The molecule has 0 spiro atoms. The minimum absolute atomic E-state index is 0.166. The third-order valence-corrected chi connectivity index (χ3v) is 3.52. The second kappa shape index (κ2) is 7.42. The van der Waals surface area contributed by atoms with Crippen LogP contribution < -0.4 is 16.0 Å². The SMILES string of the molecule is CCCNc1ncc(Br)c(NCCNC(=O)C2CC2)n1. The Kier molecular flexibility index (Phi) is 5.58. The predicted molar refractivity (Wildman–Crippen MR) is 82.7 cm³/mol. The summed E-state index contributed by atoms with van der Waals surface area (Å²) >= 11 is 3.41. The molecule has 0 unspecified atom stereocenters. The van der Waals surface area contributed by atoms with Gasteiger partial charge in [0.05, 0.1) is 4.47 Å². The quantitative estimate of drug-likeness (QED) is 0.630. The van der Waals surface area contributed by atoms with Crippen LogP contribution in [-0.4, -0.2) is 35.5 Å². The van der Waals surface area contributed by atoms with Gasteiger partial charge in [0, 0.05) is 31.7 Å². The number of carbonyl (C=O) groups excluding carboxylic acids is 1. The Balaban J connectivity index is 1.76. The minimum atomic E-state index is 0.166. The lowest BCUT2D eigenvalue weighted by molar-refractivity contribution is -0.122. The zero-order chi connectivity index (χ0) is 14.4. The monoisotopic (exact) mass is 341 g/mol. The Morgan fingerprint density at radius 2 is 2.15 bits per heavy atom. The lowest BCUT2D eigenvalue weighted by atomic mass is 10.4. The van der Waals surface area contributed by atoms with Gasteiger partial charge in [-0.05, 0) is 35.2 Å². The maximum atomic E-state index is 11.5. The van der Waals surface area contributed by atoms with Gasteiger partial charge < -0.3 is 16.0 Å². The van der Waals surface area contributed by atoms with Gasteiger partial charge in [0.1, 0.15) is 5.82 Å². The van der Waals surface area contributed by atoms with Gasteiger partial charge in [-0.1, -0.05) is 6.92 Å². The molecule has 1 fully saturated rings. The van der Waals surface area contributed by atoms with Crippen LogP contribution in [0.4, 0.5) is 11.8 Å². The van der Waals surface area contributed by atoms with Crippen LogP contribution in [0.1, 0.15) is 26.2 Å². The standard InChI is InChI=1S/C13H20BrN5O/c1-2-5-17-13-18-8-10(14)11(19-13)15-6-7-16-12(20)9-3-4-9/h8-9H,2-7H2,1H3,(H,16,20)(H2,15,17,18,19). The molecule has 0 atom stereocenters. The molecule has 1 aromatic heterocycles. The summed E-state index contributed by atoms with van der Waals surface area (Å²) in [5.74, 6) is 1.77. The fourth-order valence-electron chi connectivity index (χ4n) is 1.67. The highest BCUT2D eigenvalue weighted by molar-refractivity contribution is 9.10. The second-order valence-corrected chi connectivity index (χ2v) is 5.66. The molecular weight excluding hydrogens is 322 g/mol. The van der Waals surface area contributed by atoms with Crippen LogP contribution in [-0.2, 0) is 4.79 Å².